The molecule has 0 unspecified atom stereocenters. The summed E-state index contributed by atoms with van der Waals surface area (Å²) in [4.78, 5) is 25.7. The molecule has 7 heteroatoms. The third kappa shape index (κ3) is 5.17. The number of halogens is 1. The smallest absolute Gasteiger partial charge is 0.265 e. The number of anilines is 2. The van der Waals surface area contributed by atoms with Crippen molar-refractivity contribution >= 4 is 46.1 Å². The van der Waals surface area contributed by atoms with Crippen molar-refractivity contribution in [2.75, 3.05) is 24.4 Å². The normalized spacial score (nSPS) is 10.4. The monoisotopic (exact) mass is 400 g/mol. The molecule has 3 aromatic rings. The highest BCUT2D eigenvalue weighted by Crippen LogP contribution is 2.29. The van der Waals surface area contributed by atoms with E-state index in [0.717, 1.165) is 10.4 Å². The van der Waals surface area contributed by atoms with Crippen LogP contribution in [0.2, 0.25) is 5.02 Å². The van der Waals surface area contributed by atoms with Crippen LogP contribution in [0.1, 0.15) is 9.67 Å². The molecule has 0 aliphatic carbocycles. The number of carbonyl (C=O) groups excluding carboxylic acids is 2. The molecular weight excluding hydrogens is 384 g/mol. The number of thiophene rings is 1. The minimum Gasteiger partial charge on any atom is -0.375 e. The van der Waals surface area contributed by atoms with Crippen molar-refractivity contribution in [3.05, 3.63) is 70.6 Å². The number of hydrogen-bond acceptors (Lipinski definition) is 4. The van der Waals surface area contributed by atoms with E-state index >= 15 is 0 Å². The zero-order chi connectivity index (χ0) is 19.2. The van der Waals surface area contributed by atoms with E-state index in [1.165, 1.54) is 18.4 Å². The van der Waals surface area contributed by atoms with Crippen molar-refractivity contribution in [3.8, 4) is 10.4 Å². The second-order valence-electron chi connectivity index (χ2n) is 5.69. The van der Waals surface area contributed by atoms with Crippen molar-refractivity contribution in [1.82, 2.24) is 0 Å². The number of amides is 2. The standard InChI is InChI=1S/C20H17ClN2O3S/c1-26-12-19(24)22-15-3-2-4-16(11-15)23-20(25)18-10-9-17(27-18)13-5-7-14(21)8-6-13/h2-11H,12H2,1H3,(H,22,24)(H,23,25). The number of ether oxygens (including phenoxy) is 1. The maximum Gasteiger partial charge on any atom is 0.265 e. The lowest BCUT2D eigenvalue weighted by molar-refractivity contribution is -0.119. The Bertz CT molecular complexity index is 954. The molecule has 0 spiro atoms. The van der Waals surface area contributed by atoms with E-state index in [-0.39, 0.29) is 18.4 Å². The average molecular weight is 401 g/mol. The summed E-state index contributed by atoms with van der Waals surface area (Å²) in [6.07, 6.45) is 0. The van der Waals surface area contributed by atoms with Crippen LogP contribution in [0, 0.1) is 0 Å². The molecule has 0 aliphatic rings. The van der Waals surface area contributed by atoms with Crippen molar-refractivity contribution in [2.45, 2.75) is 0 Å². The second kappa shape index (κ2) is 8.81. The van der Waals surface area contributed by atoms with Crippen LogP contribution < -0.4 is 10.6 Å². The first kappa shape index (κ1) is 19.1. The number of rotatable bonds is 6. The molecule has 0 aliphatic heterocycles. The molecular formula is C20H17ClN2O3S. The Labute approximate surface area is 165 Å². The Kier molecular flexibility index (Phi) is 6.24. The summed E-state index contributed by atoms with van der Waals surface area (Å²) in [7, 11) is 1.45. The van der Waals surface area contributed by atoms with Crippen LogP contribution in [0.15, 0.2) is 60.7 Å². The third-order valence-electron chi connectivity index (χ3n) is 3.64. The van der Waals surface area contributed by atoms with Gasteiger partial charge in [-0.1, -0.05) is 29.8 Å². The quantitative estimate of drug-likeness (QED) is 0.618. The lowest BCUT2D eigenvalue weighted by Crippen LogP contribution is -2.17. The van der Waals surface area contributed by atoms with Gasteiger partial charge in [-0.25, -0.2) is 0 Å². The Morgan fingerprint density at radius 3 is 2.41 bits per heavy atom. The van der Waals surface area contributed by atoms with Gasteiger partial charge in [0.25, 0.3) is 5.91 Å². The molecule has 2 aromatic carbocycles. The fourth-order valence-electron chi connectivity index (χ4n) is 2.42. The number of methoxy groups -OCH3 is 1. The molecule has 5 nitrogen and oxygen atoms in total. The summed E-state index contributed by atoms with van der Waals surface area (Å²) in [5, 5.41) is 6.22. The maximum atomic E-state index is 12.5. The molecule has 3 rings (SSSR count). The van der Waals surface area contributed by atoms with Gasteiger partial charge in [0, 0.05) is 28.4 Å². The van der Waals surface area contributed by atoms with Crippen LogP contribution in [-0.4, -0.2) is 25.5 Å². The van der Waals surface area contributed by atoms with Crippen molar-refractivity contribution < 1.29 is 14.3 Å². The minimum atomic E-state index is -0.258. The molecule has 27 heavy (non-hydrogen) atoms. The Morgan fingerprint density at radius 2 is 1.70 bits per heavy atom. The number of carbonyl (C=O) groups is 2. The Hall–Kier alpha value is -2.67. The fraction of sp³-hybridized carbons (Fsp3) is 0.100. The molecule has 2 amide bonds. The van der Waals surface area contributed by atoms with Gasteiger partial charge in [0.05, 0.1) is 4.88 Å². The number of nitrogens with one attached hydrogen (secondary N) is 2. The predicted molar refractivity (Wildman–Crippen MR) is 110 cm³/mol. The van der Waals surface area contributed by atoms with Gasteiger partial charge in [0.15, 0.2) is 0 Å². The number of hydrogen-bond donors (Lipinski definition) is 2. The van der Waals surface area contributed by atoms with E-state index in [2.05, 4.69) is 10.6 Å². The molecule has 1 aromatic heterocycles. The fourth-order valence-corrected chi connectivity index (χ4v) is 3.46. The summed E-state index contributed by atoms with van der Waals surface area (Å²) in [5.74, 6) is -0.465. The molecule has 0 bridgehead atoms. The van der Waals surface area contributed by atoms with Crippen LogP contribution in [0.5, 0.6) is 0 Å². The van der Waals surface area contributed by atoms with Crippen molar-refractivity contribution in [3.63, 3.8) is 0 Å². The highest BCUT2D eigenvalue weighted by Gasteiger charge is 2.11. The molecule has 0 saturated carbocycles. The van der Waals surface area contributed by atoms with Crippen molar-refractivity contribution in [1.29, 1.82) is 0 Å². The second-order valence-corrected chi connectivity index (χ2v) is 7.21. The third-order valence-corrected chi connectivity index (χ3v) is 5.02. The van der Waals surface area contributed by atoms with E-state index in [1.54, 1.807) is 30.3 Å². The predicted octanol–water partition coefficient (Wildman–Crippen LogP) is 4.91. The van der Waals surface area contributed by atoms with Gasteiger partial charge in [-0.2, -0.15) is 0 Å². The Morgan fingerprint density at radius 1 is 1.00 bits per heavy atom. The summed E-state index contributed by atoms with van der Waals surface area (Å²) in [6.45, 7) is -0.0285. The van der Waals surface area contributed by atoms with Crippen LogP contribution in [0.3, 0.4) is 0 Å². The minimum absolute atomic E-state index is 0.0285. The highest BCUT2D eigenvalue weighted by molar-refractivity contribution is 7.17. The molecule has 0 radical (unpaired) electrons. The van der Waals surface area contributed by atoms with Gasteiger partial charge in [-0.15, -0.1) is 11.3 Å². The molecule has 0 fully saturated rings. The van der Waals surface area contributed by atoms with Gasteiger partial charge in [0.1, 0.15) is 6.61 Å². The largest absolute Gasteiger partial charge is 0.375 e. The van der Waals surface area contributed by atoms with Crippen LogP contribution in [0.4, 0.5) is 11.4 Å². The molecule has 2 N–H and O–H groups in total. The van der Waals surface area contributed by atoms with Crippen LogP contribution >= 0.6 is 22.9 Å². The topological polar surface area (TPSA) is 67.4 Å². The van der Waals surface area contributed by atoms with E-state index in [4.69, 9.17) is 16.3 Å². The zero-order valence-corrected chi connectivity index (χ0v) is 16.1. The lowest BCUT2D eigenvalue weighted by Gasteiger charge is -2.08. The first-order valence-electron chi connectivity index (χ1n) is 8.11. The molecule has 1 heterocycles. The first-order valence-corrected chi connectivity index (χ1v) is 9.30. The van der Waals surface area contributed by atoms with E-state index < -0.39 is 0 Å². The van der Waals surface area contributed by atoms with E-state index in [0.29, 0.717) is 21.3 Å². The molecule has 138 valence electrons. The van der Waals surface area contributed by atoms with Crippen LogP contribution in [0.25, 0.3) is 10.4 Å². The summed E-state index contributed by atoms with van der Waals surface area (Å²) < 4.78 is 4.79. The van der Waals surface area contributed by atoms with Gasteiger partial charge in [-0.3, -0.25) is 9.59 Å². The highest BCUT2D eigenvalue weighted by atomic mass is 35.5. The summed E-state index contributed by atoms with van der Waals surface area (Å²) >= 11 is 7.31. The van der Waals surface area contributed by atoms with Gasteiger partial charge < -0.3 is 15.4 Å². The zero-order valence-electron chi connectivity index (χ0n) is 14.5. The van der Waals surface area contributed by atoms with E-state index in [1.807, 2.05) is 30.3 Å². The maximum absolute atomic E-state index is 12.5. The van der Waals surface area contributed by atoms with Gasteiger partial charge >= 0.3 is 0 Å². The number of benzene rings is 2. The van der Waals surface area contributed by atoms with Gasteiger partial charge in [-0.05, 0) is 48.0 Å². The van der Waals surface area contributed by atoms with Crippen molar-refractivity contribution in [2.24, 2.45) is 0 Å². The molecule has 0 saturated heterocycles. The Balaban J connectivity index is 1.69. The van der Waals surface area contributed by atoms with E-state index in [9.17, 15) is 9.59 Å². The molecule has 0 atom stereocenters. The van der Waals surface area contributed by atoms with Gasteiger partial charge in [0.2, 0.25) is 5.91 Å². The summed E-state index contributed by atoms with van der Waals surface area (Å²) in [5.41, 5.74) is 2.19. The lowest BCUT2D eigenvalue weighted by atomic mass is 10.2. The average Bonchev–Trinajstić information content (AvgIpc) is 3.13. The SMILES string of the molecule is COCC(=O)Nc1cccc(NC(=O)c2ccc(-c3ccc(Cl)cc3)s2)c1. The first-order chi connectivity index (χ1) is 13.0. The summed E-state index contributed by atoms with van der Waals surface area (Å²) in [6, 6.07) is 18.1. The van der Waals surface area contributed by atoms with Crippen LogP contribution in [-0.2, 0) is 9.53 Å².